The first-order valence-electron chi connectivity index (χ1n) is 7.37. The average molecular weight is 287 g/mol. The summed E-state index contributed by atoms with van der Waals surface area (Å²) in [7, 11) is 0. The molecule has 1 heterocycles. The highest BCUT2D eigenvalue weighted by atomic mass is 32.1. The average Bonchev–Trinajstić information content (AvgIpc) is 3.12. The molecule has 2 aromatic rings. The molecule has 0 radical (unpaired) electrons. The molecule has 0 saturated heterocycles. The Balaban J connectivity index is 1.75. The summed E-state index contributed by atoms with van der Waals surface area (Å²) in [4.78, 5) is 1.42. The van der Waals surface area contributed by atoms with Gasteiger partial charge in [0.05, 0.1) is 6.10 Å². The van der Waals surface area contributed by atoms with Gasteiger partial charge in [0.2, 0.25) is 0 Å². The number of thiophene rings is 1. The molecular weight excluding hydrogens is 266 g/mol. The summed E-state index contributed by atoms with van der Waals surface area (Å²) >= 11 is 1.83. The SMILES string of the molecule is CCNC(Cc1cccs1)c1cccc(OC2CC2)c1. The number of rotatable bonds is 7. The number of ether oxygens (including phenoxy) is 1. The van der Waals surface area contributed by atoms with Gasteiger partial charge in [-0.05, 0) is 48.5 Å². The zero-order chi connectivity index (χ0) is 13.8. The number of benzene rings is 1. The van der Waals surface area contributed by atoms with Crippen molar-refractivity contribution in [1.29, 1.82) is 0 Å². The van der Waals surface area contributed by atoms with Gasteiger partial charge in [0.1, 0.15) is 5.75 Å². The van der Waals surface area contributed by atoms with E-state index in [4.69, 9.17) is 4.74 Å². The molecule has 0 amide bonds. The topological polar surface area (TPSA) is 21.3 Å². The van der Waals surface area contributed by atoms with Crippen molar-refractivity contribution in [3.05, 3.63) is 52.2 Å². The summed E-state index contributed by atoms with van der Waals surface area (Å²) in [6, 6.07) is 13.2. The Bertz CT molecular complexity index is 534. The minimum Gasteiger partial charge on any atom is -0.490 e. The zero-order valence-electron chi connectivity index (χ0n) is 11.8. The first-order valence-corrected chi connectivity index (χ1v) is 8.25. The number of hydrogen-bond acceptors (Lipinski definition) is 3. The zero-order valence-corrected chi connectivity index (χ0v) is 12.7. The van der Waals surface area contributed by atoms with Gasteiger partial charge < -0.3 is 10.1 Å². The van der Waals surface area contributed by atoms with Crippen molar-refractivity contribution >= 4 is 11.3 Å². The van der Waals surface area contributed by atoms with E-state index in [9.17, 15) is 0 Å². The third-order valence-corrected chi connectivity index (χ3v) is 4.42. The largest absolute Gasteiger partial charge is 0.490 e. The van der Waals surface area contributed by atoms with E-state index >= 15 is 0 Å². The predicted octanol–water partition coefficient (Wildman–Crippen LogP) is 4.18. The summed E-state index contributed by atoms with van der Waals surface area (Å²) in [5.74, 6) is 1.01. The summed E-state index contributed by atoms with van der Waals surface area (Å²) in [6.45, 7) is 3.13. The highest BCUT2D eigenvalue weighted by Crippen LogP contribution is 2.29. The second-order valence-electron chi connectivity index (χ2n) is 5.28. The Morgan fingerprint density at radius 3 is 2.90 bits per heavy atom. The van der Waals surface area contributed by atoms with Gasteiger partial charge in [-0.15, -0.1) is 11.3 Å². The monoisotopic (exact) mass is 287 g/mol. The molecule has 2 nitrogen and oxygen atoms in total. The van der Waals surface area contributed by atoms with Crippen molar-refractivity contribution in [3.8, 4) is 5.75 Å². The standard InChI is InChI=1S/C17H21NOS/c1-2-18-17(12-16-7-4-10-20-16)13-5-3-6-15(11-13)19-14-8-9-14/h3-7,10-11,14,17-18H,2,8-9,12H2,1H3. The minimum absolute atomic E-state index is 0.362. The smallest absolute Gasteiger partial charge is 0.120 e. The van der Waals surface area contributed by atoms with E-state index in [1.165, 1.54) is 23.3 Å². The maximum absolute atomic E-state index is 5.90. The maximum Gasteiger partial charge on any atom is 0.120 e. The van der Waals surface area contributed by atoms with E-state index in [1.54, 1.807) is 0 Å². The van der Waals surface area contributed by atoms with E-state index in [0.29, 0.717) is 12.1 Å². The number of nitrogens with one attached hydrogen (secondary N) is 1. The predicted molar refractivity (Wildman–Crippen MR) is 84.5 cm³/mol. The summed E-state index contributed by atoms with van der Waals surface area (Å²) in [5, 5.41) is 5.73. The Labute approximate surface area is 124 Å². The van der Waals surface area contributed by atoms with Crippen molar-refractivity contribution in [2.45, 2.75) is 38.3 Å². The minimum atomic E-state index is 0.362. The van der Waals surface area contributed by atoms with Crippen LogP contribution in [0.25, 0.3) is 0 Å². The van der Waals surface area contributed by atoms with E-state index in [2.05, 4.69) is 54.0 Å². The van der Waals surface area contributed by atoms with Crippen molar-refractivity contribution < 1.29 is 4.74 Å². The summed E-state index contributed by atoms with van der Waals surface area (Å²) < 4.78 is 5.90. The van der Waals surface area contributed by atoms with Crippen LogP contribution in [0.15, 0.2) is 41.8 Å². The Morgan fingerprint density at radius 1 is 1.30 bits per heavy atom. The maximum atomic E-state index is 5.90. The molecule has 106 valence electrons. The van der Waals surface area contributed by atoms with E-state index < -0.39 is 0 Å². The molecule has 1 atom stereocenters. The van der Waals surface area contributed by atoms with E-state index in [1.807, 2.05) is 11.3 Å². The van der Waals surface area contributed by atoms with Gasteiger partial charge in [-0.1, -0.05) is 25.1 Å². The Morgan fingerprint density at radius 2 is 2.20 bits per heavy atom. The molecule has 1 N–H and O–H groups in total. The summed E-state index contributed by atoms with van der Waals surface area (Å²) in [5.41, 5.74) is 1.32. The fraction of sp³-hybridized carbons (Fsp3) is 0.412. The van der Waals surface area contributed by atoms with Gasteiger partial charge in [0.15, 0.2) is 0 Å². The lowest BCUT2D eigenvalue weighted by molar-refractivity contribution is 0.302. The Hall–Kier alpha value is -1.32. The van der Waals surface area contributed by atoms with Gasteiger partial charge >= 0.3 is 0 Å². The second-order valence-corrected chi connectivity index (χ2v) is 6.32. The van der Waals surface area contributed by atoms with Crippen LogP contribution in [0.2, 0.25) is 0 Å². The van der Waals surface area contributed by atoms with Crippen LogP contribution in [-0.4, -0.2) is 12.6 Å². The van der Waals surface area contributed by atoms with Crippen LogP contribution in [0.3, 0.4) is 0 Å². The highest BCUT2D eigenvalue weighted by Gasteiger charge is 2.23. The van der Waals surface area contributed by atoms with Crippen molar-refractivity contribution in [2.75, 3.05) is 6.54 Å². The van der Waals surface area contributed by atoms with Gasteiger partial charge in [0.25, 0.3) is 0 Å². The van der Waals surface area contributed by atoms with Crippen LogP contribution < -0.4 is 10.1 Å². The molecule has 0 bridgehead atoms. The highest BCUT2D eigenvalue weighted by molar-refractivity contribution is 7.09. The molecule has 1 aliphatic carbocycles. The van der Waals surface area contributed by atoms with Crippen LogP contribution in [0.4, 0.5) is 0 Å². The fourth-order valence-corrected chi connectivity index (χ4v) is 3.12. The Kier molecular flexibility index (Phi) is 4.38. The van der Waals surface area contributed by atoms with Crippen LogP contribution in [0.5, 0.6) is 5.75 Å². The second kappa shape index (κ2) is 6.42. The van der Waals surface area contributed by atoms with Crippen molar-refractivity contribution in [1.82, 2.24) is 5.32 Å². The first-order chi connectivity index (χ1) is 9.85. The molecule has 1 aromatic carbocycles. The number of hydrogen-bond donors (Lipinski definition) is 1. The third-order valence-electron chi connectivity index (χ3n) is 3.52. The normalized spacial score (nSPS) is 16.1. The lowest BCUT2D eigenvalue weighted by atomic mass is 10.0. The molecule has 0 aliphatic heterocycles. The van der Waals surface area contributed by atoms with Crippen LogP contribution in [-0.2, 0) is 6.42 Å². The van der Waals surface area contributed by atoms with Crippen molar-refractivity contribution in [2.24, 2.45) is 0 Å². The quantitative estimate of drug-likeness (QED) is 0.824. The molecule has 1 aliphatic rings. The van der Waals surface area contributed by atoms with Gasteiger partial charge in [0, 0.05) is 17.3 Å². The lowest BCUT2D eigenvalue weighted by Crippen LogP contribution is -2.22. The van der Waals surface area contributed by atoms with Crippen molar-refractivity contribution in [3.63, 3.8) is 0 Å². The number of likely N-dealkylation sites (N-methyl/N-ethyl adjacent to an activating group) is 1. The lowest BCUT2D eigenvalue weighted by Gasteiger charge is -2.18. The third kappa shape index (κ3) is 3.62. The van der Waals surface area contributed by atoms with E-state index in [-0.39, 0.29) is 0 Å². The summed E-state index contributed by atoms with van der Waals surface area (Å²) in [6.07, 6.45) is 3.91. The molecule has 3 rings (SSSR count). The van der Waals surface area contributed by atoms with Gasteiger partial charge in [-0.25, -0.2) is 0 Å². The molecular formula is C17H21NOS. The van der Waals surface area contributed by atoms with Crippen LogP contribution >= 0.6 is 11.3 Å². The fourth-order valence-electron chi connectivity index (χ4n) is 2.37. The molecule has 1 aromatic heterocycles. The van der Waals surface area contributed by atoms with Crippen LogP contribution in [0, 0.1) is 0 Å². The first kappa shape index (κ1) is 13.7. The van der Waals surface area contributed by atoms with Gasteiger partial charge in [-0.3, -0.25) is 0 Å². The van der Waals surface area contributed by atoms with Crippen LogP contribution in [0.1, 0.15) is 36.2 Å². The molecule has 1 fully saturated rings. The molecule has 20 heavy (non-hydrogen) atoms. The molecule has 1 saturated carbocycles. The van der Waals surface area contributed by atoms with E-state index in [0.717, 1.165) is 18.7 Å². The molecule has 3 heteroatoms. The molecule has 1 unspecified atom stereocenters. The van der Waals surface area contributed by atoms with Gasteiger partial charge in [-0.2, -0.15) is 0 Å². The molecule has 0 spiro atoms.